The molecule has 4 rings (SSSR count). The molecule has 0 saturated heterocycles. The van der Waals surface area contributed by atoms with Crippen LogP contribution in [0.4, 0.5) is 4.79 Å². The van der Waals surface area contributed by atoms with Crippen LogP contribution in [-0.2, 0) is 13.0 Å². The van der Waals surface area contributed by atoms with Crippen molar-refractivity contribution in [2.24, 2.45) is 0 Å². The van der Waals surface area contributed by atoms with E-state index in [1.54, 1.807) is 45.5 Å². The number of pyridine rings is 1. The summed E-state index contributed by atoms with van der Waals surface area (Å²) in [6, 6.07) is 16.9. The van der Waals surface area contributed by atoms with Crippen molar-refractivity contribution >= 4 is 22.9 Å². The molecule has 0 unspecified atom stereocenters. The van der Waals surface area contributed by atoms with Crippen LogP contribution in [0.5, 0.6) is 11.5 Å². The Morgan fingerprint density at radius 3 is 2.40 bits per heavy atom. The summed E-state index contributed by atoms with van der Waals surface area (Å²) in [5, 5.41) is 4.09. The summed E-state index contributed by atoms with van der Waals surface area (Å²) in [5.74, 6) is 1.20. The van der Waals surface area contributed by atoms with E-state index in [1.165, 1.54) is 4.90 Å². The number of fused-ring (bicyclic) bond motifs is 1. The molecule has 180 valence electrons. The molecule has 0 atom stereocenters. The molecule has 4 aromatic rings. The van der Waals surface area contributed by atoms with E-state index < -0.39 is 6.09 Å². The van der Waals surface area contributed by atoms with Gasteiger partial charge in [0.05, 0.1) is 12.7 Å². The Morgan fingerprint density at radius 1 is 1.00 bits per heavy atom. The van der Waals surface area contributed by atoms with E-state index in [1.807, 2.05) is 53.5 Å². The summed E-state index contributed by atoms with van der Waals surface area (Å²) < 4.78 is 12.5. The number of aromatic amines is 1. The van der Waals surface area contributed by atoms with Crippen LogP contribution in [0.15, 0.2) is 73.2 Å². The second kappa shape index (κ2) is 10.7. The first-order valence-electron chi connectivity index (χ1n) is 11.3. The SMILES string of the molecule is COc1ccc2[nH]cc(CCNC(=O)c3cc[n+](Cc4ccc(OC(=O)N(C)C)cc4)cc3)c2c1. The summed E-state index contributed by atoms with van der Waals surface area (Å²) in [6.45, 7) is 1.16. The number of hydrogen-bond donors (Lipinski definition) is 2. The molecule has 0 fully saturated rings. The smallest absolute Gasteiger partial charge is 0.414 e. The lowest BCUT2D eigenvalue weighted by Gasteiger charge is -2.10. The average molecular weight is 474 g/mol. The molecule has 8 heteroatoms. The van der Waals surface area contributed by atoms with Gasteiger partial charge >= 0.3 is 6.09 Å². The molecule has 35 heavy (non-hydrogen) atoms. The summed E-state index contributed by atoms with van der Waals surface area (Å²) >= 11 is 0. The largest absolute Gasteiger partial charge is 0.497 e. The minimum absolute atomic E-state index is 0.110. The number of ether oxygens (including phenoxy) is 2. The van der Waals surface area contributed by atoms with Crippen LogP contribution in [0.3, 0.4) is 0 Å². The molecule has 0 radical (unpaired) electrons. The maximum absolute atomic E-state index is 12.6. The zero-order chi connectivity index (χ0) is 24.8. The highest BCUT2D eigenvalue weighted by Crippen LogP contribution is 2.23. The Morgan fingerprint density at radius 2 is 1.71 bits per heavy atom. The van der Waals surface area contributed by atoms with Crippen molar-refractivity contribution in [1.82, 2.24) is 15.2 Å². The molecule has 2 heterocycles. The zero-order valence-corrected chi connectivity index (χ0v) is 20.1. The van der Waals surface area contributed by atoms with Crippen molar-refractivity contribution in [3.63, 3.8) is 0 Å². The second-order valence-electron chi connectivity index (χ2n) is 8.40. The fourth-order valence-corrected chi connectivity index (χ4v) is 3.68. The first-order valence-corrected chi connectivity index (χ1v) is 11.3. The quantitative estimate of drug-likeness (QED) is 0.383. The Balaban J connectivity index is 1.29. The maximum Gasteiger partial charge on any atom is 0.414 e. The van der Waals surface area contributed by atoms with Gasteiger partial charge in [-0.1, -0.05) is 0 Å². The van der Waals surface area contributed by atoms with Gasteiger partial charge in [0.25, 0.3) is 5.91 Å². The van der Waals surface area contributed by atoms with Crippen LogP contribution in [0.2, 0.25) is 0 Å². The van der Waals surface area contributed by atoms with Gasteiger partial charge in [-0.25, -0.2) is 9.36 Å². The van der Waals surface area contributed by atoms with E-state index in [0.29, 0.717) is 30.8 Å². The van der Waals surface area contributed by atoms with Crippen molar-refractivity contribution in [2.45, 2.75) is 13.0 Å². The van der Waals surface area contributed by atoms with E-state index >= 15 is 0 Å². The third-order valence-electron chi connectivity index (χ3n) is 5.67. The average Bonchev–Trinajstić information content (AvgIpc) is 3.27. The van der Waals surface area contributed by atoms with Crippen molar-refractivity contribution < 1.29 is 23.6 Å². The highest BCUT2D eigenvalue weighted by molar-refractivity contribution is 5.94. The number of nitrogens with zero attached hydrogens (tertiary/aromatic N) is 2. The molecule has 0 aliphatic rings. The lowest BCUT2D eigenvalue weighted by molar-refractivity contribution is -0.688. The highest BCUT2D eigenvalue weighted by atomic mass is 16.6. The molecule has 0 bridgehead atoms. The van der Waals surface area contributed by atoms with Gasteiger partial charge in [0, 0.05) is 55.4 Å². The fourth-order valence-electron chi connectivity index (χ4n) is 3.68. The van der Waals surface area contributed by atoms with E-state index in [4.69, 9.17) is 9.47 Å². The van der Waals surface area contributed by atoms with E-state index in [9.17, 15) is 9.59 Å². The normalized spacial score (nSPS) is 10.7. The zero-order valence-electron chi connectivity index (χ0n) is 20.1. The monoisotopic (exact) mass is 473 g/mol. The number of carbonyl (C=O) groups is 2. The first-order chi connectivity index (χ1) is 16.9. The Bertz CT molecular complexity index is 1310. The van der Waals surface area contributed by atoms with Crippen LogP contribution < -0.4 is 19.4 Å². The minimum atomic E-state index is -0.414. The number of H-pyrrole nitrogens is 1. The first kappa shape index (κ1) is 23.8. The number of methoxy groups -OCH3 is 1. The van der Waals surface area contributed by atoms with E-state index in [2.05, 4.69) is 10.3 Å². The fraction of sp³-hybridized carbons (Fsp3) is 0.222. The maximum atomic E-state index is 12.6. The van der Waals surface area contributed by atoms with Gasteiger partial charge in [-0.05, 0) is 54.4 Å². The standard InChI is InChI=1S/C27H28N4O4/c1-30(2)27(33)35-22-6-4-19(5-7-22)18-31-14-11-20(12-15-31)26(32)28-13-10-21-17-29-25-9-8-23(34-3)16-24(21)25/h4-9,11-12,14-17,29H,10,13,18H2,1-3H3/p+1. The number of rotatable bonds is 8. The predicted octanol–water partition coefficient (Wildman–Crippen LogP) is 3.55. The highest BCUT2D eigenvalue weighted by Gasteiger charge is 2.11. The van der Waals surface area contributed by atoms with Crippen molar-refractivity contribution in [3.8, 4) is 11.5 Å². The van der Waals surface area contributed by atoms with Gasteiger partial charge in [-0.3, -0.25) is 4.79 Å². The molecule has 0 aliphatic carbocycles. The van der Waals surface area contributed by atoms with Crippen LogP contribution in [0, 0.1) is 0 Å². The number of benzene rings is 2. The predicted molar refractivity (Wildman–Crippen MR) is 133 cm³/mol. The summed E-state index contributed by atoms with van der Waals surface area (Å²) in [7, 11) is 4.93. The van der Waals surface area contributed by atoms with Gasteiger partial charge in [0.1, 0.15) is 11.5 Å². The van der Waals surface area contributed by atoms with Crippen LogP contribution in [0.25, 0.3) is 10.9 Å². The van der Waals surface area contributed by atoms with Crippen molar-refractivity contribution in [3.05, 3.63) is 89.9 Å². The summed E-state index contributed by atoms with van der Waals surface area (Å²) in [6.07, 6.45) is 6.02. The molecule has 8 nitrogen and oxygen atoms in total. The molecule has 2 aromatic heterocycles. The summed E-state index contributed by atoms with van der Waals surface area (Å²) in [4.78, 5) is 28.9. The summed E-state index contributed by atoms with van der Waals surface area (Å²) in [5.41, 5.74) is 3.83. The third-order valence-corrected chi connectivity index (χ3v) is 5.67. The molecular formula is C27H29N4O4+. The van der Waals surface area contributed by atoms with Crippen molar-refractivity contribution in [1.29, 1.82) is 0 Å². The molecule has 2 amide bonds. The number of aromatic nitrogens is 2. The number of nitrogens with one attached hydrogen (secondary N) is 2. The third kappa shape index (κ3) is 5.97. The minimum Gasteiger partial charge on any atom is -0.497 e. The second-order valence-corrected chi connectivity index (χ2v) is 8.40. The van der Waals surface area contributed by atoms with Crippen molar-refractivity contribution in [2.75, 3.05) is 27.7 Å². The Kier molecular flexibility index (Phi) is 7.30. The lowest BCUT2D eigenvalue weighted by Crippen LogP contribution is -2.34. The number of carbonyl (C=O) groups excluding carboxylic acids is 2. The van der Waals surface area contributed by atoms with Gasteiger partial charge in [-0.15, -0.1) is 0 Å². The molecular weight excluding hydrogens is 444 g/mol. The molecule has 2 N–H and O–H groups in total. The molecule has 2 aromatic carbocycles. The van der Waals surface area contributed by atoms with Gasteiger partial charge in [0.15, 0.2) is 18.9 Å². The van der Waals surface area contributed by atoms with Crippen LogP contribution in [-0.4, -0.2) is 49.6 Å². The number of amides is 2. The Hall–Kier alpha value is -4.33. The van der Waals surface area contributed by atoms with E-state index in [-0.39, 0.29) is 5.91 Å². The van der Waals surface area contributed by atoms with Gasteiger partial charge in [0.2, 0.25) is 0 Å². The Labute approximate surface area is 204 Å². The van der Waals surface area contributed by atoms with Gasteiger partial charge in [-0.2, -0.15) is 0 Å². The van der Waals surface area contributed by atoms with Gasteiger partial charge < -0.3 is 24.7 Å². The number of hydrogen-bond acceptors (Lipinski definition) is 4. The van der Waals surface area contributed by atoms with E-state index in [0.717, 1.165) is 27.8 Å². The lowest BCUT2D eigenvalue weighted by atomic mass is 10.1. The van der Waals surface area contributed by atoms with Crippen LogP contribution >= 0.6 is 0 Å². The molecule has 0 spiro atoms. The topological polar surface area (TPSA) is 87.5 Å². The van der Waals surface area contributed by atoms with Crippen LogP contribution in [0.1, 0.15) is 21.5 Å². The molecule has 0 saturated carbocycles. The molecule has 0 aliphatic heterocycles.